The minimum atomic E-state index is -0.414. The van der Waals surface area contributed by atoms with Gasteiger partial charge in [-0.05, 0) is 7.05 Å². The molecule has 1 aliphatic rings. The predicted molar refractivity (Wildman–Crippen MR) is 66.8 cm³/mol. The van der Waals surface area contributed by atoms with Crippen molar-refractivity contribution in [1.82, 2.24) is 15.1 Å². The van der Waals surface area contributed by atoms with E-state index in [2.05, 4.69) is 22.2 Å². The van der Waals surface area contributed by atoms with E-state index in [1.165, 1.54) is 0 Å². The number of piperazine rings is 1. The molecule has 1 rings (SSSR count). The third-order valence-electron chi connectivity index (χ3n) is 2.87. The van der Waals surface area contributed by atoms with Crippen LogP contribution in [0.2, 0.25) is 0 Å². The van der Waals surface area contributed by atoms with Gasteiger partial charge in [-0.2, -0.15) is 0 Å². The van der Waals surface area contributed by atoms with E-state index < -0.39 is 5.91 Å². The molecule has 100 valence electrons. The Hall–Kier alpha value is -0.690. The summed E-state index contributed by atoms with van der Waals surface area (Å²) in [6, 6.07) is 0. The van der Waals surface area contributed by atoms with Crippen LogP contribution in [0.4, 0.5) is 0 Å². The molecule has 0 saturated carbocycles. The van der Waals surface area contributed by atoms with Gasteiger partial charge in [0.05, 0.1) is 6.61 Å². The van der Waals surface area contributed by atoms with Crippen LogP contribution in [0.15, 0.2) is 0 Å². The van der Waals surface area contributed by atoms with Crippen molar-refractivity contribution in [1.29, 1.82) is 0 Å². The lowest BCUT2D eigenvalue weighted by molar-refractivity contribution is -0.122. The van der Waals surface area contributed by atoms with Crippen LogP contribution in [0, 0.1) is 0 Å². The van der Waals surface area contributed by atoms with Gasteiger partial charge in [0.25, 0.3) is 0 Å². The fourth-order valence-corrected chi connectivity index (χ4v) is 1.75. The number of nitrogens with zero attached hydrogens (tertiary/aromatic N) is 2. The summed E-state index contributed by atoms with van der Waals surface area (Å²) in [4.78, 5) is 15.2. The van der Waals surface area contributed by atoms with Crippen LogP contribution in [0.3, 0.4) is 0 Å². The summed E-state index contributed by atoms with van der Waals surface area (Å²) in [7, 11) is 2.16. The van der Waals surface area contributed by atoms with E-state index in [9.17, 15) is 4.79 Å². The predicted octanol–water partition coefficient (Wildman–Crippen LogP) is -1.67. The topological polar surface area (TPSA) is 70.8 Å². The van der Waals surface area contributed by atoms with Crippen LogP contribution < -0.4 is 11.1 Å². The Bertz CT molecular complexity index is 218. The summed E-state index contributed by atoms with van der Waals surface area (Å²) in [5.41, 5.74) is 4.95. The molecule has 1 heterocycles. The third kappa shape index (κ3) is 7.27. The number of hydrogen-bond acceptors (Lipinski definition) is 5. The second-order valence-corrected chi connectivity index (χ2v) is 4.41. The molecule has 0 spiro atoms. The number of hydrogen-bond donors (Lipinski definition) is 2. The Morgan fingerprint density at radius 1 is 1.29 bits per heavy atom. The first-order valence-corrected chi connectivity index (χ1v) is 6.16. The molecule has 0 aromatic rings. The van der Waals surface area contributed by atoms with E-state index in [1.807, 2.05) is 0 Å². The molecule has 0 aromatic heterocycles. The van der Waals surface area contributed by atoms with E-state index >= 15 is 0 Å². The Labute approximate surface area is 103 Å². The van der Waals surface area contributed by atoms with E-state index in [0.29, 0.717) is 6.61 Å². The van der Waals surface area contributed by atoms with Gasteiger partial charge in [0.15, 0.2) is 0 Å². The molecule has 1 fully saturated rings. The molecule has 1 amide bonds. The highest BCUT2D eigenvalue weighted by molar-refractivity contribution is 5.74. The molecule has 0 aromatic carbocycles. The summed E-state index contributed by atoms with van der Waals surface area (Å²) in [5, 5.41) is 3.29. The molecule has 3 N–H and O–H groups in total. The van der Waals surface area contributed by atoms with Crippen molar-refractivity contribution in [2.24, 2.45) is 5.73 Å². The molecule has 0 atom stereocenters. The largest absolute Gasteiger partial charge is 0.370 e. The normalized spacial score (nSPS) is 18.4. The molecule has 0 aliphatic carbocycles. The maximum atomic E-state index is 10.4. The summed E-state index contributed by atoms with van der Waals surface area (Å²) in [5.74, 6) is -0.414. The molecule has 17 heavy (non-hydrogen) atoms. The Balaban J connectivity index is 1.85. The van der Waals surface area contributed by atoms with E-state index in [0.717, 1.165) is 45.8 Å². The molecule has 6 nitrogen and oxygen atoms in total. The number of ether oxygens (including phenoxy) is 1. The van der Waals surface area contributed by atoms with Crippen LogP contribution >= 0.6 is 0 Å². The van der Waals surface area contributed by atoms with E-state index in [-0.39, 0.29) is 6.61 Å². The van der Waals surface area contributed by atoms with Crippen LogP contribution in [0.25, 0.3) is 0 Å². The minimum Gasteiger partial charge on any atom is -0.370 e. The number of amides is 1. The van der Waals surface area contributed by atoms with Crippen molar-refractivity contribution in [3.63, 3.8) is 0 Å². The molecule has 0 bridgehead atoms. The van der Waals surface area contributed by atoms with Crippen LogP contribution in [-0.2, 0) is 9.53 Å². The van der Waals surface area contributed by atoms with Gasteiger partial charge in [0.2, 0.25) is 5.91 Å². The number of nitrogens with one attached hydrogen (secondary N) is 1. The lowest BCUT2D eigenvalue weighted by Crippen LogP contribution is -2.46. The second-order valence-electron chi connectivity index (χ2n) is 4.41. The van der Waals surface area contributed by atoms with Crippen molar-refractivity contribution in [3.05, 3.63) is 0 Å². The fourth-order valence-electron chi connectivity index (χ4n) is 1.75. The summed E-state index contributed by atoms with van der Waals surface area (Å²) in [6.45, 7) is 7.95. The summed E-state index contributed by atoms with van der Waals surface area (Å²) >= 11 is 0. The molecule has 0 unspecified atom stereocenters. The SMILES string of the molecule is CN1CCN(CCNCCOCC(N)=O)CC1. The quantitative estimate of drug-likeness (QED) is 0.499. The fraction of sp³-hybridized carbons (Fsp3) is 0.909. The average molecular weight is 244 g/mol. The number of carbonyl (C=O) groups is 1. The molecule has 1 saturated heterocycles. The maximum absolute atomic E-state index is 10.4. The summed E-state index contributed by atoms with van der Waals surface area (Å²) < 4.78 is 5.04. The zero-order chi connectivity index (χ0) is 12.5. The maximum Gasteiger partial charge on any atom is 0.243 e. The number of primary amides is 1. The molecule has 0 radical (unpaired) electrons. The van der Waals surface area contributed by atoms with Gasteiger partial charge in [-0.25, -0.2) is 0 Å². The van der Waals surface area contributed by atoms with E-state index in [1.54, 1.807) is 0 Å². The highest BCUT2D eigenvalue weighted by Gasteiger charge is 2.12. The van der Waals surface area contributed by atoms with Crippen LogP contribution in [-0.4, -0.2) is 81.8 Å². The van der Waals surface area contributed by atoms with Gasteiger partial charge in [-0.1, -0.05) is 0 Å². The summed E-state index contributed by atoms with van der Waals surface area (Å²) in [6.07, 6.45) is 0. The number of rotatable bonds is 8. The first kappa shape index (κ1) is 14.4. The Kier molecular flexibility index (Phi) is 7.11. The van der Waals surface area contributed by atoms with Crippen molar-refractivity contribution in [2.45, 2.75) is 0 Å². The first-order chi connectivity index (χ1) is 8.18. The smallest absolute Gasteiger partial charge is 0.243 e. The highest BCUT2D eigenvalue weighted by Crippen LogP contribution is 1.97. The van der Waals surface area contributed by atoms with Crippen molar-refractivity contribution < 1.29 is 9.53 Å². The van der Waals surface area contributed by atoms with Crippen molar-refractivity contribution in [2.75, 3.05) is 66.1 Å². The monoisotopic (exact) mass is 244 g/mol. The van der Waals surface area contributed by atoms with Crippen molar-refractivity contribution in [3.8, 4) is 0 Å². The number of nitrogens with two attached hydrogens (primary N) is 1. The minimum absolute atomic E-state index is 0.0140. The molecular weight excluding hydrogens is 220 g/mol. The average Bonchev–Trinajstić information content (AvgIpc) is 2.30. The molecule has 6 heteroatoms. The zero-order valence-corrected chi connectivity index (χ0v) is 10.7. The highest BCUT2D eigenvalue weighted by atomic mass is 16.5. The second kappa shape index (κ2) is 8.41. The molecule has 1 aliphatic heterocycles. The van der Waals surface area contributed by atoms with E-state index in [4.69, 9.17) is 10.5 Å². The van der Waals surface area contributed by atoms with Gasteiger partial charge in [0.1, 0.15) is 6.61 Å². The van der Waals surface area contributed by atoms with Crippen LogP contribution in [0.1, 0.15) is 0 Å². The standard InChI is InChI=1S/C11H24N4O2/c1-14-5-7-15(8-6-14)4-2-13-3-9-17-10-11(12)16/h13H,2-10H2,1H3,(H2,12,16). The molecular formula is C11H24N4O2. The lowest BCUT2D eigenvalue weighted by Gasteiger charge is -2.32. The first-order valence-electron chi connectivity index (χ1n) is 6.16. The number of likely N-dealkylation sites (N-methyl/N-ethyl adjacent to an activating group) is 1. The Morgan fingerprint density at radius 3 is 2.65 bits per heavy atom. The van der Waals surface area contributed by atoms with Crippen molar-refractivity contribution >= 4 is 5.91 Å². The third-order valence-corrected chi connectivity index (χ3v) is 2.87. The van der Waals surface area contributed by atoms with Gasteiger partial charge in [0, 0.05) is 45.8 Å². The Morgan fingerprint density at radius 2 is 2.00 bits per heavy atom. The zero-order valence-electron chi connectivity index (χ0n) is 10.7. The van der Waals surface area contributed by atoms with Crippen LogP contribution in [0.5, 0.6) is 0 Å². The number of carbonyl (C=O) groups excluding carboxylic acids is 1. The lowest BCUT2D eigenvalue weighted by atomic mass is 10.3. The van der Waals surface area contributed by atoms with Gasteiger partial charge in [-0.15, -0.1) is 0 Å². The van der Waals surface area contributed by atoms with Gasteiger partial charge < -0.3 is 20.7 Å². The van der Waals surface area contributed by atoms with Gasteiger partial charge >= 0.3 is 0 Å². The van der Waals surface area contributed by atoms with Gasteiger partial charge in [-0.3, -0.25) is 9.69 Å².